The van der Waals surface area contributed by atoms with Gasteiger partial charge in [0.1, 0.15) is 5.76 Å². The van der Waals surface area contributed by atoms with E-state index < -0.39 is 0 Å². The SMILES string of the molecule is CN(C)CC(N)c1occc1Br. The second-order valence-corrected chi connectivity index (χ2v) is 3.86. The third-order valence-electron chi connectivity index (χ3n) is 1.54. The molecule has 0 aliphatic rings. The zero-order valence-corrected chi connectivity index (χ0v) is 8.84. The average Bonchev–Trinajstić information content (AvgIpc) is 2.33. The fourth-order valence-electron chi connectivity index (χ4n) is 1.05. The summed E-state index contributed by atoms with van der Waals surface area (Å²) in [6, 6.07) is 1.79. The van der Waals surface area contributed by atoms with Gasteiger partial charge in [-0.15, -0.1) is 0 Å². The number of nitrogens with two attached hydrogens (primary N) is 1. The molecule has 1 unspecified atom stereocenters. The van der Waals surface area contributed by atoms with E-state index >= 15 is 0 Å². The summed E-state index contributed by atoms with van der Waals surface area (Å²) in [5.74, 6) is 0.809. The van der Waals surface area contributed by atoms with Gasteiger partial charge in [-0.3, -0.25) is 0 Å². The molecular formula is C8H13BrN2O. The molecule has 1 aromatic heterocycles. The Morgan fingerprint density at radius 3 is 2.75 bits per heavy atom. The van der Waals surface area contributed by atoms with Gasteiger partial charge >= 0.3 is 0 Å². The lowest BCUT2D eigenvalue weighted by molar-refractivity contribution is 0.344. The second-order valence-electron chi connectivity index (χ2n) is 3.00. The van der Waals surface area contributed by atoms with Crippen molar-refractivity contribution in [2.24, 2.45) is 5.73 Å². The van der Waals surface area contributed by atoms with Crippen LogP contribution in [0.5, 0.6) is 0 Å². The Labute approximate surface area is 80.7 Å². The van der Waals surface area contributed by atoms with Crippen LogP contribution in [0.3, 0.4) is 0 Å². The van der Waals surface area contributed by atoms with E-state index in [9.17, 15) is 0 Å². The minimum absolute atomic E-state index is 0.0654. The number of halogens is 1. The third kappa shape index (κ3) is 2.33. The minimum Gasteiger partial charge on any atom is -0.466 e. The van der Waals surface area contributed by atoms with Crippen LogP contribution in [-0.2, 0) is 0 Å². The average molecular weight is 233 g/mol. The minimum atomic E-state index is -0.0654. The Morgan fingerprint density at radius 2 is 2.33 bits per heavy atom. The molecule has 0 bridgehead atoms. The molecule has 2 N–H and O–H groups in total. The zero-order chi connectivity index (χ0) is 9.14. The molecule has 4 heteroatoms. The van der Waals surface area contributed by atoms with E-state index in [2.05, 4.69) is 15.9 Å². The van der Waals surface area contributed by atoms with Gasteiger partial charge in [0.2, 0.25) is 0 Å². The Morgan fingerprint density at radius 1 is 1.67 bits per heavy atom. The van der Waals surface area contributed by atoms with Gasteiger partial charge in [0.05, 0.1) is 16.8 Å². The fraction of sp³-hybridized carbons (Fsp3) is 0.500. The molecule has 12 heavy (non-hydrogen) atoms. The molecule has 3 nitrogen and oxygen atoms in total. The first kappa shape index (κ1) is 9.77. The predicted molar refractivity (Wildman–Crippen MR) is 51.9 cm³/mol. The van der Waals surface area contributed by atoms with Gasteiger partial charge in [-0.1, -0.05) is 0 Å². The van der Waals surface area contributed by atoms with Gasteiger partial charge in [0, 0.05) is 6.54 Å². The molecule has 0 fully saturated rings. The Balaban J connectivity index is 2.65. The number of hydrogen-bond donors (Lipinski definition) is 1. The number of likely N-dealkylation sites (N-methyl/N-ethyl adjacent to an activating group) is 1. The van der Waals surface area contributed by atoms with Crippen LogP contribution in [0.2, 0.25) is 0 Å². The summed E-state index contributed by atoms with van der Waals surface area (Å²) in [4.78, 5) is 2.03. The summed E-state index contributed by atoms with van der Waals surface area (Å²) in [6.07, 6.45) is 1.63. The van der Waals surface area contributed by atoms with Gasteiger partial charge in [-0.25, -0.2) is 0 Å². The van der Waals surface area contributed by atoms with E-state index in [-0.39, 0.29) is 6.04 Å². The van der Waals surface area contributed by atoms with E-state index in [4.69, 9.17) is 10.2 Å². The van der Waals surface area contributed by atoms with E-state index in [1.807, 2.05) is 25.1 Å². The number of rotatable bonds is 3. The first-order chi connectivity index (χ1) is 5.61. The van der Waals surface area contributed by atoms with Crippen molar-refractivity contribution in [2.75, 3.05) is 20.6 Å². The number of furan rings is 1. The van der Waals surface area contributed by atoms with Crippen molar-refractivity contribution in [2.45, 2.75) is 6.04 Å². The lowest BCUT2D eigenvalue weighted by Gasteiger charge is -2.14. The first-order valence-corrected chi connectivity index (χ1v) is 4.53. The highest BCUT2D eigenvalue weighted by Crippen LogP contribution is 2.23. The summed E-state index contributed by atoms with van der Waals surface area (Å²) in [5, 5.41) is 0. The van der Waals surface area contributed by atoms with Crippen LogP contribution in [0.15, 0.2) is 21.2 Å². The Kier molecular flexibility index (Phi) is 3.31. The van der Waals surface area contributed by atoms with Crippen molar-refractivity contribution in [3.8, 4) is 0 Å². The smallest absolute Gasteiger partial charge is 0.135 e. The molecular weight excluding hydrogens is 220 g/mol. The van der Waals surface area contributed by atoms with Crippen molar-refractivity contribution in [1.29, 1.82) is 0 Å². The summed E-state index contributed by atoms with van der Waals surface area (Å²) in [6.45, 7) is 0.784. The van der Waals surface area contributed by atoms with Crippen LogP contribution >= 0.6 is 15.9 Å². The summed E-state index contributed by atoms with van der Waals surface area (Å²) in [5.41, 5.74) is 5.88. The largest absolute Gasteiger partial charge is 0.466 e. The van der Waals surface area contributed by atoms with Crippen molar-refractivity contribution in [3.05, 3.63) is 22.6 Å². The van der Waals surface area contributed by atoms with E-state index in [0.29, 0.717) is 0 Å². The first-order valence-electron chi connectivity index (χ1n) is 3.74. The molecule has 0 radical (unpaired) electrons. The van der Waals surface area contributed by atoms with Gasteiger partial charge < -0.3 is 15.1 Å². The Hall–Kier alpha value is -0.320. The molecule has 1 rings (SSSR count). The van der Waals surface area contributed by atoms with Crippen molar-refractivity contribution >= 4 is 15.9 Å². The monoisotopic (exact) mass is 232 g/mol. The third-order valence-corrected chi connectivity index (χ3v) is 2.20. The van der Waals surface area contributed by atoms with Crippen LogP contribution in [-0.4, -0.2) is 25.5 Å². The molecule has 1 atom stereocenters. The second kappa shape index (κ2) is 4.07. The predicted octanol–water partition coefficient (Wildman–Crippen LogP) is 1.60. The normalized spacial score (nSPS) is 13.8. The molecule has 1 heterocycles. The van der Waals surface area contributed by atoms with Gasteiger partial charge in [-0.2, -0.15) is 0 Å². The lowest BCUT2D eigenvalue weighted by Crippen LogP contribution is -2.25. The maximum Gasteiger partial charge on any atom is 0.135 e. The molecule has 0 saturated heterocycles. The van der Waals surface area contributed by atoms with Gasteiger partial charge in [0.25, 0.3) is 0 Å². The molecule has 0 spiro atoms. The maximum absolute atomic E-state index is 5.88. The van der Waals surface area contributed by atoms with E-state index in [0.717, 1.165) is 16.8 Å². The zero-order valence-electron chi connectivity index (χ0n) is 7.25. The molecule has 0 aliphatic heterocycles. The highest BCUT2D eigenvalue weighted by molar-refractivity contribution is 9.10. The Bertz CT molecular complexity index is 247. The van der Waals surface area contributed by atoms with Crippen molar-refractivity contribution < 1.29 is 4.42 Å². The van der Waals surface area contributed by atoms with E-state index in [1.165, 1.54) is 0 Å². The molecule has 0 aliphatic carbocycles. The summed E-state index contributed by atoms with van der Waals surface area (Å²) < 4.78 is 6.17. The van der Waals surface area contributed by atoms with Crippen LogP contribution in [0, 0.1) is 0 Å². The quantitative estimate of drug-likeness (QED) is 0.862. The maximum atomic E-state index is 5.88. The highest BCUT2D eigenvalue weighted by Gasteiger charge is 2.13. The van der Waals surface area contributed by atoms with Crippen LogP contribution in [0.4, 0.5) is 0 Å². The molecule has 0 aromatic carbocycles. The van der Waals surface area contributed by atoms with Gasteiger partial charge in [-0.05, 0) is 36.1 Å². The molecule has 0 amide bonds. The molecule has 1 aromatic rings. The van der Waals surface area contributed by atoms with Crippen LogP contribution in [0.1, 0.15) is 11.8 Å². The summed E-state index contributed by atoms with van der Waals surface area (Å²) in [7, 11) is 3.97. The lowest BCUT2D eigenvalue weighted by atomic mass is 10.2. The van der Waals surface area contributed by atoms with Crippen molar-refractivity contribution in [3.63, 3.8) is 0 Å². The topological polar surface area (TPSA) is 42.4 Å². The summed E-state index contributed by atoms with van der Waals surface area (Å²) >= 11 is 3.36. The molecule has 68 valence electrons. The number of nitrogens with zero attached hydrogens (tertiary/aromatic N) is 1. The number of hydrogen-bond acceptors (Lipinski definition) is 3. The standard InChI is InChI=1S/C8H13BrN2O/c1-11(2)5-7(10)8-6(9)3-4-12-8/h3-4,7H,5,10H2,1-2H3. The highest BCUT2D eigenvalue weighted by atomic mass is 79.9. The molecule has 0 saturated carbocycles. The van der Waals surface area contributed by atoms with Crippen LogP contribution in [0.25, 0.3) is 0 Å². The fourth-order valence-corrected chi connectivity index (χ4v) is 1.54. The van der Waals surface area contributed by atoms with Crippen LogP contribution < -0.4 is 5.73 Å². The van der Waals surface area contributed by atoms with Crippen molar-refractivity contribution in [1.82, 2.24) is 4.90 Å². The van der Waals surface area contributed by atoms with Gasteiger partial charge in [0.15, 0.2) is 0 Å². The van der Waals surface area contributed by atoms with E-state index in [1.54, 1.807) is 6.26 Å².